The fourth-order valence-electron chi connectivity index (χ4n) is 3.60. The number of benzene rings is 3. The molecule has 1 aliphatic rings. The van der Waals surface area contributed by atoms with Crippen LogP contribution in [-0.2, 0) is 31.4 Å². The monoisotopic (exact) mass is 521 g/mol. The van der Waals surface area contributed by atoms with Crippen LogP contribution in [-0.4, -0.2) is 33.3 Å². The van der Waals surface area contributed by atoms with Gasteiger partial charge in [0, 0.05) is 17.3 Å². The van der Waals surface area contributed by atoms with Gasteiger partial charge in [-0.05, 0) is 42.0 Å². The minimum atomic E-state index is -3.32. The van der Waals surface area contributed by atoms with Gasteiger partial charge in [0.05, 0.1) is 35.3 Å². The first-order valence-corrected chi connectivity index (χ1v) is 12.8. The highest BCUT2D eigenvalue weighted by molar-refractivity contribution is 7.91. The van der Waals surface area contributed by atoms with Crippen LogP contribution in [0.5, 0.6) is 5.75 Å². The van der Waals surface area contributed by atoms with Crippen molar-refractivity contribution in [2.75, 3.05) is 24.3 Å². The van der Waals surface area contributed by atoms with Crippen molar-refractivity contribution < 1.29 is 31.5 Å². The van der Waals surface area contributed by atoms with Gasteiger partial charge in [-0.1, -0.05) is 36.7 Å². The van der Waals surface area contributed by atoms with E-state index in [0.29, 0.717) is 11.1 Å². The van der Waals surface area contributed by atoms with E-state index in [1.807, 2.05) is 0 Å². The van der Waals surface area contributed by atoms with Crippen molar-refractivity contribution in [1.82, 2.24) is 0 Å². The Morgan fingerprint density at radius 1 is 1.06 bits per heavy atom. The second-order valence-electron chi connectivity index (χ2n) is 8.14. The standard InChI is InChI=1S/C25H22ClF2NO5S/c1-2-35(31,32)19-7-3-16(4-8-19)11-24(30)29-18-6-10-23(22(28)13-18)34-25(14-33-15-25)17-5-9-20(26)21(27)12-17/h3-10,12-13H,2,11,14-15H2,1H3,(H,29,30). The van der Waals surface area contributed by atoms with Gasteiger partial charge in [-0.15, -0.1) is 0 Å². The molecule has 1 aliphatic heterocycles. The lowest BCUT2D eigenvalue weighted by atomic mass is 9.91. The van der Waals surface area contributed by atoms with Crippen molar-refractivity contribution in [2.24, 2.45) is 0 Å². The van der Waals surface area contributed by atoms with Gasteiger partial charge in [-0.3, -0.25) is 4.79 Å². The maximum Gasteiger partial charge on any atom is 0.228 e. The number of rotatable bonds is 8. The van der Waals surface area contributed by atoms with Crippen LogP contribution >= 0.6 is 11.6 Å². The summed E-state index contributed by atoms with van der Waals surface area (Å²) in [5, 5.41) is 2.58. The number of hydrogen-bond acceptors (Lipinski definition) is 5. The molecular formula is C25H22ClF2NO5S. The number of ether oxygens (including phenoxy) is 2. The van der Waals surface area contributed by atoms with Crippen molar-refractivity contribution in [3.05, 3.63) is 88.4 Å². The Kier molecular flexibility index (Phi) is 7.12. The van der Waals surface area contributed by atoms with E-state index in [1.165, 1.54) is 36.4 Å². The third-order valence-corrected chi connectivity index (χ3v) is 7.72. The fraction of sp³-hybridized carbons (Fsp3) is 0.240. The molecule has 0 unspecified atom stereocenters. The number of anilines is 1. The van der Waals surface area contributed by atoms with Crippen LogP contribution < -0.4 is 10.1 Å². The van der Waals surface area contributed by atoms with Gasteiger partial charge in [0.2, 0.25) is 5.91 Å². The van der Waals surface area contributed by atoms with E-state index in [1.54, 1.807) is 25.1 Å². The van der Waals surface area contributed by atoms with Gasteiger partial charge in [0.25, 0.3) is 0 Å². The quantitative estimate of drug-likeness (QED) is 0.456. The summed E-state index contributed by atoms with van der Waals surface area (Å²) in [6.07, 6.45) is -0.0189. The van der Waals surface area contributed by atoms with E-state index in [9.17, 15) is 22.0 Å². The van der Waals surface area contributed by atoms with Crippen LogP contribution in [0.2, 0.25) is 5.02 Å². The number of nitrogens with one attached hydrogen (secondary N) is 1. The minimum Gasteiger partial charge on any atom is -0.475 e. The van der Waals surface area contributed by atoms with Gasteiger partial charge in [0.15, 0.2) is 27.0 Å². The predicted molar refractivity (Wildman–Crippen MR) is 127 cm³/mol. The van der Waals surface area contributed by atoms with E-state index in [4.69, 9.17) is 21.1 Å². The van der Waals surface area contributed by atoms with E-state index in [0.717, 1.165) is 6.07 Å². The molecule has 0 aliphatic carbocycles. The highest BCUT2D eigenvalue weighted by Crippen LogP contribution is 2.37. The molecule has 10 heteroatoms. The van der Waals surface area contributed by atoms with Crippen LogP contribution in [0.25, 0.3) is 0 Å². The summed E-state index contributed by atoms with van der Waals surface area (Å²) in [4.78, 5) is 12.6. The smallest absolute Gasteiger partial charge is 0.228 e. The molecule has 0 radical (unpaired) electrons. The molecule has 0 bridgehead atoms. The third-order valence-electron chi connectivity index (χ3n) is 5.66. The topological polar surface area (TPSA) is 81.7 Å². The van der Waals surface area contributed by atoms with Crippen molar-refractivity contribution in [1.29, 1.82) is 0 Å². The Morgan fingerprint density at radius 3 is 2.34 bits per heavy atom. The molecule has 35 heavy (non-hydrogen) atoms. The zero-order valence-electron chi connectivity index (χ0n) is 18.7. The van der Waals surface area contributed by atoms with Crippen molar-refractivity contribution in [2.45, 2.75) is 23.8 Å². The molecule has 0 atom stereocenters. The summed E-state index contributed by atoms with van der Waals surface area (Å²) in [6.45, 7) is 1.79. The number of carbonyl (C=O) groups is 1. The molecule has 1 fully saturated rings. The van der Waals surface area contributed by atoms with Gasteiger partial charge < -0.3 is 14.8 Å². The van der Waals surface area contributed by atoms with Gasteiger partial charge in [0.1, 0.15) is 5.82 Å². The largest absolute Gasteiger partial charge is 0.475 e. The average Bonchev–Trinajstić information content (AvgIpc) is 2.80. The average molecular weight is 522 g/mol. The van der Waals surface area contributed by atoms with Gasteiger partial charge >= 0.3 is 0 Å². The molecule has 1 saturated heterocycles. The highest BCUT2D eigenvalue weighted by Gasteiger charge is 2.44. The molecule has 4 rings (SSSR count). The van der Waals surface area contributed by atoms with E-state index in [-0.39, 0.29) is 46.7 Å². The van der Waals surface area contributed by atoms with Crippen LogP contribution in [0.15, 0.2) is 65.6 Å². The Balaban J connectivity index is 1.42. The van der Waals surface area contributed by atoms with E-state index in [2.05, 4.69) is 5.32 Å². The fourth-order valence-corrected chi connectivity index (χ4v) is 4.60. The number of amides is 1. The first-order valence-electron chi connectivity index (χ1n) is 10.8. The molecule has 0 aromatic heterocycles. The normalized spacial score (nSPS) is 14.7. The lowest BCUT2D eigenvalue weighted by molar-refractivity contribution is -0.169. The summed E-state index contributed by atoms with van der Waals surface area (Å²) in [6, 6.07) is 14.3. The van der Waals surface area contributed by atoms with Gasteiger partial charge in [-0.25, -0.2) is 17.2 Å². The van der Waals surface area contributed by atoms with Gasteiger partial charge in [-0.2, -0.15) is 0 Å². The maximum atomic E-state index is 14.8. The first-order chi connectivity index (χ1) is 16.6. The van der Waals surface area contributed by atoms with Crippen LogP contribution in [0.4, 0.5) is 14.5 Å². The van der Waals surface area contributed by atoms with E-state index >= 15 is 0 Å². The van der Waals surface area contributed by atoms with Crippen LogP contribution in [0.1, 0.15) is 18.1 Å². The molecule has 6 nitrogen and oxygen atoms in total. The van der Waals surface area contributed by atoms with Crippen molar-refractivity contribution >= 4 is 33.0 Å². The Morgan fingerprint density at radius 2 is 1.77 bits per heavy atom. The van der Waals surface area contributed by atoms with Crippen LogP contribution in [0, 0.1) is 11.6 Å². The molecule has 1 N–H and O–H groups in total. The Bertz CT molecular complexity index is 1360. The summed E-state index contributed by atoms with van der Waals surface area (Å²) < 4.78 is 63.7. The molecule has 1 heterocycles. The zero-order valence-corrected chi connectivity index (χ0v) is 20.3. The molecule has 0 spiro atoms. The molecule has 3 aromatic carbocycles. The number of sulfone groups is 1. The summed E-state index contributed by atoms with van der Waals surface area (Å²) in [5.41, 5.74) is 0.260. The number of hydrogen-bond donors (Lipinski definition) is 1. The van der Waals surface area contributed by atoms with Crippen LogP contribution in [0.3, 0.4) is 0 Å². The SMILES string of the molecule is CCS(=O)(=O)c1ccc(CC(=O)Nc2ccc(OC3(c4ccc(Cl)c(F)c4)COC3)c(F)c2)cc1. The molecule has 0 saturated carbocycles. The maximum absolute atomic E-state index is 14.8. The third kappa shape index (κ3) is 5.47. The molecule has 3 aromatic rings. The lowest BCUT2D eigenvalue weighted by Gasteiger charge is -2.41. The second-order valence-corrected chi connectivity index (χ2v) is 10.8. The van der Waals surface area contributed by atoms with Crippen molar-refractivity contribution in [3.63, 3.8) is 0 Å². The van der Waals surface area contributed by atoms with Crippen molar-refractivity contribution in [3.8, 4) is 5.75 Å². The lowest BCUT2D eigenvalue weighted by Crippen LogP contribution is -2.51. The summed E-state index contributed by atoms with van der Waals surface area (Å²) in [7, 11) is -3.32. The molecular weight excluding hydrogens is 500 g/mol. The Labute approximate surface area is 206 Å². The summed E-state index contributed by atoms with van der Waals surface area (Å²) in [5.74, 6) is -1.81. The Hall–Kier alpha value is -3.01. The highest BCUT2D eigenvalue weighted by atomic mass is 35.5. The predicted octanol–water partition coefficient (Wildman–Crippen LogP) is 4.90. The minimum absolute atomic E-state index is 0.0111. The molecule has 184 valence electrons. The van der Waals surface area contributed by atoms with E-state index < -0.39 is 33.0 Å². The number of carbonyl (C=O) groups excluding carboxylic acids is 1. The summed E-state index contributed by atoms with van der Waals surface area (Å²) >= 11 is 5.75. The second kappa shape index (κ2) is 9.93. The zero-order chi connectivity index (χ0) is 25.2. The first kappa shape index (κ1) is 25.1. The molecule has 1 amide bonds. The number of halogens is 3.